The standard InChI is InChI=1S/C10H9F2IO6S/c11-10(12,20(15,16)17)6-19-9(14)5-18-8-3-1-7(13)2-4-8/h1-4H,5-6H2,(H,15,16,17)/p-1. The zero-order valence-electron chi connectivity index (χ0n) is 9.72. The molecule has 0 saturated carbocycles. The van der Waals surface area contributed by atoms with Crippen molar-refractivity contribution in [3.63, 3.8) is 0 Å². The maximum atomic E-state index is 12.7. The lowest BCUT2D eigenvalue weighted by Gasteiger charge is -2.19. The first-order valence-corrected chi connectivity index (χ1v) is 7.48. The molecule has 112 valence electrons. The van der Waals surface area contributed by atoms with Gasteiger partial charge >= 0.3 is 11.2 Å². The highest BCUT2D eigenvalue weighted by Gasteiger charge is 2.39. The monoisotopic (exact) mass is 421 g/mol. The molecule has 0 saturated heterocycles. The summed E-state index contributed by atoms with van der Waals surface area (Å²) in [4.78, 5) is 11.1. The van der Waals surface area contributed by atoms with Crippen LogP contribution < -0.4 is 4.74 Å². The average Bonchev–Trinajstić information content (AvgIpc) is 2.34. The Bertz CT molecular complexity index is 572. The fraction of sp³-hybridized carbons (Fsp3) is 0.300. The van der Waals surface area contributed by atoms with Crippen molar-refractivity contribution in [2.75, 3.05) is 13.2 Å². The third-order valence-electron chi connectivity index (χ3n) is 1.94. The maximum absolute atomic E-state index is 12.7. The van der Waals surface area contributed by atoms with Gasteiger partial charge in [-0.1, -0.05) is 0 Å². The normalized spacial score (nSPS) is 12.0. The van der Waals surface area contributed by atoms with Crippen LogP contribution in [0, 0.1) is 3.57 Å². The molecule has 0 atom stereocenters. The predicted molar refractivity (Wildman–Crippen MR) is 70.3 cm³/mol. The largest absolute Gasteiger partial charge is 0.743 e. The predicted octanol–water partition coefficient (Wildman–Crippen LogP) is 1.35. The van der Waals surface area contributed by atoms with Crippen molar-refractivity contribution in [1.29, 1.82) is 0 Å². The number of carbonyl (C=O) groups is 1. The molecule has 0 radical (unpaired) electrons. The van der Waals surface area contributed by atoms with Crippen molar-refractivity contribution >= 4 is 38.7 Å². The van der Waals surface area contributed by atoms with Crippen LogP contribution in [0.5, 0.6) is 5.75 Å². The Morgan fingerprint density at radius 1 is 1.30 bits per heavy atom. The van der Waals surface area contributed by atoms with Crippen LogP contribution in [0.1, 0.15) is 0 Å². The van der Waals surface area contributed by atoms with E-state index < -0.39 is 34.6 Å². The topological polar surface area (TPSA) is 92.7 Å². The lowest BCUT2D eigenvalue weighted by Crippen LogP contribution is -2.35. The Balaban J connectivity index is 2.43. The van der Waals surface area contributed by atoms with Crippen LogP contribution in [0.15, 0.2) is 24.3 Å². The van der Waals surface area contributed by atoms with Crippen molar-refractivity contribution in [1.82, 2.24) is 0 Å². The summed E-state index contributed by atoms with van der Waals surface area (Å²) in [5.74, 6) is -0.905. The van der Waals surface area contributed by atoms with Crippen LogP contribution in [0.3, 0.4) is 0 Å². The van der Waals surface area contributed by atoms with E-state index in [-0.39, 0.29) is 0 Å². The van der Waals surface area contributed by atoms with E-state index in [2.05, 4.69) is 27.3 Å². The zero-order chi connectivity index (χ0) is 15.4. The second-order valence-electron chi connectivity index (χ2n) is 3.49. The Morgan fingerprint density at radius 2 is 1.85 bits per heavy atom. The molecule has 0 amide bonds. The second kappa shape index (κ2) is 6.63. The van der Waals surface area contributed by atoms with Crippen LogP contribution in [-0.4, -0.2) is 37.4 Å². The van der Waals surface area contributed by atoms with Crippen molar-refractivity contribution < 1.29 is 36.0 Å². The second-order valence-corrected chi connectivity index (χ2v) is 6.25. The highest BCUT2D eigenvalue weighted by molar-refractivity contribution is 14.1. The minimum Gasteiger partial charge on any atom is -0.743 e. The van der Waals surface area contributed by atoms with Crippen LogP contribution in [0.2, 0.25) is 0 Å². The van der Waals surface area contributed by atoms with E-state index in [1.54, 1.807) is 24.3 Å². The number of alkyl halides is 2. The SMILES string of the molecule is O=C(COc1ccc(I)cc1)OCC(F)(F)S(=O)(=O)[O-]. The van der Waals surface area contributed by atoms with Crippen LogP contribution >= 0.6 is 22.6 Å². The number of carbonyl (C=O) groups excluding carboxylic acids is 1. The Labute approximate surface area is 127 Å². The lowest BCUT2D eigenvalue weighted by atomic mass is 10.3. The van der Waals surface area contributed by atoms with E-state index in [1.165, 1.54) is 0 Å². The molecule has 0 heterocycles. The number of hydrogen-bond acceptors (Lipinski definition) is 6. The van der Waals surface area contributed by atoms with Crippen LogP contribution in [0.4, 0.5) is 8.78 Å². The van der Waals surface area contributed by atoms with E-state index in [4.69, 9.17) is 4.74 Å². The molecule has 6 nitrogen and oxygen atoms in total. The van der Waals surface area contributed by atoms with Crippen molar-refractivity contribution in [3.05, 3.63) is 27.8 Å². The van der Waals surface area contributed by atoms with Gasteiger partial charge in [0, 0.05) is 3.57 Å². The van der Waals surface area contributed by atoms with E-state index in [0.29, 0.717) is 5.75 Å². The van der Waals surface area contributed by atoms with Gasteiger partial charge in [-0.3, -0.25) is 0 Å². The first-order chi connectivity index (χ1) is 9.12. The lowest BCUT2D eigenvalue weighted by molar-refractivity contribution is -0.152. The summed E-state index contributed by atoms with van der Waals surface area (Å²) < 4.78 is 65.6. The van der Waals surface area contributed by atoms with Crippen molar-refractivity contribution in [3.8, 4) is 5.75 Å². The molecule has 0 aromatic heterocycles. The van der Waals surface area contributed by atoms with Gasteiger partial charge < -0.3 is 14.0 Å². The molecule has 10 heteroatoms. The molecule has 0 unspecified atom stereocenters. The molecule has 0 aliphatic heterocycles. The number of ether oxygens (including phenoxy) is 2. The van der Waals surface area contributed by atoms with Crippen molar-refractivity contribution in [2.24, 2.45) is 0 Å². The fourth-order valence-corrected chi connectivity index (χ4v) is 1.51. The number of hydrogen-bond donors (Lipinski definition) is 0. The summed E-state index contributed by atoms with van der Waals surface area (Å²) in [7, 11) is -5.87. The number of halogens is 3. The zero-order valence-corrected chi connectivity index (χ0v) is 12.7. The van der Waals surface area contributed by atoms with E-state index in [0.717, 1.165) is 3.57 Å². The Kier molecular flexibility index (Phi) is 5.65. The molecule has 20 heavy (non-hydrogen) atoms. The Morgan fingerprint density at radius 3 is 2.35 bits per heavy atom. The smallest absolute Gasteiger partial charge is 0.367 e. The molecule has 1 aromatic rings. The molecule has 0 aliphatic rings. The molecule has 1 rings (SSSR count). The van der Waals surface area contributed by atoms with Gasteiger partial charge in [-0.05, 0) is 46.9 Å². The molecule has 0 aliphatic carbocycles. The maximum Gasteiger partial charge on any atom is 0.367 e. The summed E-state index contributed by atoms with van der Waals surface area (Å²) in [5, 5.41) is -4.66. The fourth-order valence-electron chi connectivity index (χ4n) is 0.951. The van der Waals surface area contributed by atoms with Gasteiger partial charge in [-0.25, -0.2) is 13.2 Å². The molecular weight excluding hydrogens is 413 g/mol. The summed E-state index contributed by atoms with van der Waals surface area (Å²) in [6.45, 7) is -2.52. The molecule has 0 fully saturated rings. The summed E-state index contributed by atoms with van der Waals surface area (Å²) in [6.07, 6.45) is 0. The van der Waals surface area contributed by atoms with Crippen LogP contribution in [0.25, 0.3) is 0 Å². The highest BCUT2D eigenvalue weighted by atomic mass is 127. The van der Waals surface area contributed by atoms with Crippen molar-refractivity contribution in [2.45, 2.75) is 5.25 Å². The molecule has 0 spiro atoms. The molecular formula is C10H8F2IO6S-. The highest BCUT2D eigenvalue weighted by Crippen LogP contribution is 2.20. The molecule has 1 aromatic carbocycles. The van der Waals surface area contributed by atoms with E-state index >= 15 is 0 Å². The summed E-state index contributed by atoms with van der Waals surface area (Å²) in [6, 6.07) is 6.48. The Hall–Kier alpha value is -1.01. The first kappa shape index (κ1) is 17.0. The molecule has 0 bridgehead atoms. The summed E-state index contributed by atoms with van der Waals surface area (Å²) in [5.41, 5.74) is 0. The quantitative estimate of drug-likeness (QED) is 0.391. The minimum atomic E-state index is -5.87. The van der Waals surface area contributed by atoms with Gasteiger partial charge in [0.05, 0.1) is 0 Å². The van der Waals surface area contributed by atoms with E-state index in [1.807, 2.05) is 0 Å². The minimum absolute atomic E-state index is 0.311. The number of benzene rings is 1. The van der Waals surface area contributed by atoms with Gasteiger partial charge in [0.1, 0.15) is 5.75 Å². The average molecular weight is 421 g/mol. The van der Waals surface area contributed by atoms with Gasteiger partial charge in [0.2, 0.25) is 0 Å². The summed E-state index contributed by atoms with van der Waals surface area (Å²) >= 11 is 2.05. The number of esters is 1. The third kappa shape index (κ3) is 5.17. The number of rotatable bonds is 6. The van der Waals surface area contributed by atoms with Gasteiger partial charge in [-0.2, -0.15) is 8.78 Å². The van der Waals surface area contributed by atoms with Gasteiger partial charge in [0.25, 0.3) is 0 Å². The van der Waals surface area contributed by atoms with E-state index in [9.17, 15) is 26.5 Å². The van der Waals surface area contributed by atoms with Crippen LogP contribution in [-0.2, 0) is 19.6 Å². The van der Waals surface area contributed by atoms with Gasteiger partial charge in [-0.15, -0.1) is 0 Å². The van der Waals surface area contributed by atoms with Gasteiger partial charge in [0.15, 0.2) is 23.3 Å². The first-order valence-electron chi connectivity index (χ1n) is 4.99. The molecule has 0 N–H and O–H groups in total. The third-order valence-corrected chi connectivity index (χ3v) is 3.51.